The summed E-state index contributed by atoms with van der Waals surface area (Å²) in [5.41, 5.74) is 3.92. The fraction of sp³-hybridized carbons (Fsp3) is 0.125. The Hall–Kier alpha value is -4.22. The van der Waals surface area contributed by atoms with Crippen LogP contribution in [0.15, 0.2) is 67.1 Å². The number of halogens is 1. The average molecular weight is 455 g/mol. The molecule has 0 unspecified atom stereocenters. The van der Waals surface area contributed by atoms with Crippen LogP contribution < -0.4 is 5.32 Å². The predicted molar refractivity (Wildman–Crippen MR) is 127 cm³/mol. The molecule has 9 heteroatoms. The van der Waals surface area contributed by atoms with Crippen LogP contribution in [-0.2, 0) is 20.0 Å². The molecule has 0 atom stereocenters. The molecule has 0 radical (unpaired) electrons. The van der Waals surface area contributed by atoms with Gasteiger partial charge in [0.2, 0.25) is 5.95 Å². The van der Waals surface area contributed by atoms with Gasteiger partial charge >= 0.3 is 0 Å². The van der Waals surface area contributed by atoms with Gasteiger partial charge in [0, 0.05) is 41.8 Å². The second kappa shape index (κ2) is 8.73. The topological polar surface area (TPSA) is 97.2 Å². The van der Waals surface area contributed by atoms with Gasteiger partial charge in [-0.05, 0) is 36.2 Å². The fourth-order valence-electron chi connectivity index (χ4n) is 3.75. The number of nitrogens with zero attached hydrogens (tertiary/aromatic N) is 7. The molecule has 3 heterocycles. The van der Waals surface area contributed by atoms with Crippen molar-refractivity contribution in [2.45, 2.75) is 13.0 Å². The second-order valence-corrected chi connectivity index (χ2v) is 7.92. The molecule has 5 aromatic rings. The van der Waals surface area contributed by atoms with Gasteiger partial charge in [-0.2, -0.15) is 15.5 Å². The highest BCUT2D eigenvalue weighted by Gasteiger charge is 2.13. The Bertz CT molecular complexity index is 1490. The van der Waals surface area contributed by atoms with E-state index in [0.29, 0.717) is 23.8 Å². The summed E-state index contributed by atoms with van der Waals surface area (Å²) in [5.74, 6) is 1.23. The van der Waals surface area contributed by atoms with Gasteiger partial charge in [0.1, 0.15) is 11.9 Å². The molecule has 2 aromatic carbocycles. The Morgan fingerprint density at radius 1 is 1.09 bits per heavy atom. The molecular weight excluding hydrogens is 436 g/mol. The van der Waals surface area contributed by atoms with Crippen LogP contribution in [0, 0.1) is 11.3 Å². The summed E-state index contributed by atoms with van der Waals surface area (Å²) in [6, 6.07) is 17.6. The lowest BCUT2D eigenvalue weighted by molar-refractivity contribution is 0.635. The third kappa shape index (κ3) is 4.14. The van der Waals surface area contributed by atoms with Crippen molar-refractivity contribution in [3.63, 3.8) is 0 Å². The number of rotatable bonds is 6. The smallest absolute Gasteiger partial charge is 0.228 e. The molecule has 1 N–H and O–H groups in total. The van der Waals surface area contributed by atoms with E-state index in [1.54, 1.807) is 23.3 Å². The minimum Gasteiger partial charge on any atom is -0.309 e. The summed E-state index contributed by atoms with van der Waals surface area (Å²) in [6.07, 6.45) is 5.88. The zero-order chi connectivity index (χ0) is 22.8. The summed E-state index contributed by atoms with van der Waals surface area (Å²) in [4.78, 5) is 8.91. The van der Waals surface area contributed by atoms with E-state index in [-0.39, 0.29) is 0 Å². The number of benzene rings is 2. The Kier molecular flexibility index (Phi) is 5.47. The van der Waals surface area contributed by atoms with Crippen LogP contribution in [0.3, 0.4) is 0 Å². The average Bonchev–Trinajstić information content (AvgIpc) is 3.44. The first-order valence-corrected chi connectivity index (χ1v) is 10.7. The lowest BCUT2D eigenvalue weighted by atomic mass is 10.0. The highest BCUT2D eigenvalue weighted by atomic mass is 35.5. The number of aromatic nitrogens is 6. The highest BCUT2D eigenvalue weighted by Crippen LogP contribution is 2.28. The molecule has 3 aromatic heterocycles. The van der Waals surface area contributed by atoms with E-state index in [1.165, 1.54) is 0 Å². The lowest BCUT2D eigenvalue weighted by Gasteiger charge is -2.09. The van der Waals surface area contributed by atoms with Crippen LogP contribution in [-0.4, -0.2) is 29.5 Å². The van der Waals surface area contributed by atoms with Crippen molar-refractivity contribution < 1.29 is 0 Å². The lowest BCUT2D eigenvalue weighted by Crippen LogP contribution is -2.05. The number of fused-ring (bicyclic) bond motifs is 1. The highest BCUT2D eigenvalue weighted by molar-refractivity contribution is 6.31. The minimum atomic E-state index is 0.449. The third-order valence-corrected chi connectivity index (χ3v) is 5.79. The van der Waals surface area contributed by atoms with Gasteiger partial charge in [-0.25, -0.2) is 9.97 Å². The SMILES string of the molecule is Cn1nccc1Nc1nccc(-c2cc(C#N)c3c(cnn3CCc3ccccc3Cl)c2)n1. The molecule has 0 fully saturated rings. The van der Waals surface area contributed by atoms with Crippen LogP contribution in [0.2, 0.25) is 5.02 Å². The first-order valence-electron chi connectivity index (χ1n) is 10.3. The molecule has 0 bridgehead atoms. The van der Waals surface area contributed by atoms with Crippen molar-refractivity contribution in [1.29, 1.82) is 5.26 Å². The quantitative estimate of drug-likeness (QED) is 0.398. The van der Waals surface area contributed by atoms with Crippen molar-refractivity contribution in [2.24, 2.45) is 7.05 Å². The third-order valence-electron chi connectivity index (χ3n) is 5.42. The first-order chi connectivity index (χ1) is 16.1. The molecule has 8 nitrogen and oxygen atoms in total. The molecule has 0 aliphatic carbocycles. The number of nitrogens with one attached hydrogen (secondary N) is 1. The van der Waals surface area contributed by atoms with Gasteiger partial charge in [-0.15, -0.1) is 0 Å². The van der Waals surface area contributed by atoms with E-state index < -0.39 is 0 Å². The maximum Gasteiger partial charge on any atom is 0.228 e. The molecule has 5 rings (SSSR count). The molecule has 0 aliphatic rings. The van der Waals surface area contributed by atoms with E-state index in [1.807, 2.05) is 60.3 Å². The number of anilines is 2. The van der Waals surface area contributed by atoms with E-state index >= 15 is 0 Å². The molecule has 0 aliphatic heterocycles. The Morgan fingerprint density at radius 2 is 1.97 bits per heavy atom. The summed E-state index contributed by atoms with van der Waals surface area (Å²) in [6.45, 7) is 0.619. The molecule has 0 spiro atoms. The maximum atomic E-state index is 9.87. The monoisotopic (exact) mass is 454 g/mol. The summed E-state index contributed by atoms with van der Waals surface area (Å²) in [7, 11) is 1.84. The van der Waals surface area contributed by atoms with Gasteiger partial charge in [-0.3, -0.25) is 9.36 Å². The summed E-state index contributed by atoms with van der Waals surface area (Å²) < 4.78 is 3.56. The largest absolute Gasteiger partial charge is 0.309 e. The van der Waals surface area contributed by atoms with Gasteiger partial charge < -0.3 is 5.32 Å². The zero-order valence-electron chi connectivity index (χ0n) is 17.8. The van der Waals surface area contributed by atoms with Crippen LogP contribution in [0.25, 0.3) is 22.2 Å². The van der Waals surface area contributed by atoms with Crippen molar-refractivity contribution in [3.8, 4) is 17.3 Å². The predicted octanol–water partition coefficient (Wildman–Crippen LogP) is 4.74. The van der Waals surface area contributed by atoms with E-state index in [4.69, 9.17) is 11.6 Å². The van der Waals surface area contributed by atoms with Crippen LogP contribution in [0.1, 0.15) is 11.1 Å². The van der Waals surface area contributed by atoms with Gasteiger partial charge in [0.15, 0.2) is 0 Å². The van der Waals surface area contributed by atoms with E-state index in [2.05, 4.69) is 31.6 Å². The molecule has 33 heavy (non-hydrogen) atoms. The van der Waals surface area contributed by atoms with E-state index in [9.17, 15) is 5.26 Å². The Labute approximate surface area is 195 Å². The van der Waals surface area contributed by atoms with Crippen molar-refractivity contribution >= 4 is 34.3 Å². The molecule has 162 valence electrons. The number of hydrogen-bond donors (Lipinski definition) is 1. The van der Waals surface area contributed by atoms with Crippen LogP contribution >= 0.6 is 11.6 Å². The summed E-state index contributed by atoms with van der Waals surface area (Å²) >= 11 is 6.29. The maximum absolute atomic E-state index is 9.87. The molecule has 0 amide bonds. The molecule has 0 saturated carbocycles. The van der Waals surface area contributed by atoms with E-state index in [0.717, 1.165) is 39.3 Å². The zero-order valence-corrected chi connectivity index (χ0v) is 18.5. The molecule has 0 saturated heterocycles. The number of aryl methyl sites for hydroxylation is 3. The first kappa shape index (κ1) is 20.7. The summed E-state index contributed by atoms with van der Waals surface area (Å²) in [5, 5.41) is 23.3. The minimum absolute atomic E-state index is 0.449. The van der Waals surface area contributed by atoms with Crippen molar-refractivity contribution in [1.82, 2.24) is 29.5 Å². The normalized spacial score (nSPS) is 10.9. The van der Waals surface area contributed by atoms with Gasteiger partial charge in [0.05, 0.1) is 29.2 Å². The van der Waals surface area contributed by atoms with Gasteiger partial charge in [0.25, 0.3) is 0 Å². The number of nitriles is 1. The fourth-order valence-corrected chi connectivity index (χ4v) is 3.98. The number of hydrogen-bond acceptors (Lipinski definition) is 6. The Balaban J connectivity index is 1.46. The van der Waals surface area contributed by atoms with Crippen molar-refractivity contribution in [3.05, 3.63) is 83.3 Å². The van der Waals surface area contributed by atoms with Crippen LogP contribution in [0.5, 0.6) is 0 Å². The standard InChI is InChI=1S/C24H19ClN8/c1-32-22(7-10-28-32)31-24-27-9-6-21(30-24)17-12-18(14-26)23-19(13-17)15-29-33(23)11-8-16-4-2-3-5-20(16)25/h2-7,9-10,12-13,15H,8,11H2,1H3,(H,27,30,31). The van der Waals surface area contributed by atoms with Gasteiger partial charge in [-0.1, -0.05) is 29.8 Å². The Morgan fingerprint density at radius 3 is 2.76 bits per heavy atom. The van der Waals surface area contributed by atoms with Crippen LogP contribution in [0.4, 0.5) is 11.8 Å². The van der Waals surface area contributed by atoms with Crippen molar-refractivity contribution in [2.75, 3.05) is 5.32 Å². The molecular formula is C24H19ClN8. The second-order valence-electron chi connectivity index (χ2n) is 7.51.